The van der Waals surface area contributed by atoms with Crippen LogP contribution in [-0.4, -0.2) is 53.7 Å². The molecule has 7 nitrogen and oxygen atoms in total. The summed E-state index contributed by atoms with van der Waals surface area (Å²) in [4.78, 5) is 29.3. The first kappa shape index (κ1) is 16.9. The maximum atomic E-state index is 12.7. The van der Waals surface area contributed by atoms with Gasteiger partial charge >= 0.3 is 6.03 Å². The Morgan fingerprint density at radius 2 is 2.23 bits per heavy atom. The largest absolute Gasteiger partial charge is 0.396 e. The Morgan fingerprint density at radius 3 is 2.96 bits per heavy atom. The number of amides is 3. The second-order valence-electron chi connectivity index (χ2n) is 7.48. The summed E-state index contributed by atoms with van der Waals surface area (Å²) in [6, 6.07) is 7.17. The third-order valence-corrected chi connectivity index (χ3v) is 5.99. The first-order valence-corrected chi connectivity index (χ1v) is 9.06. The van der Waals surface area contributed by atoms with Gasteiger partial charge in [0, 0.05) is 42.1 Å². The van der Waals surface area contributed by atoms with E-state index in [0.29, 0.717) is 30.4 Å². The Bertz CT molecular complexity index is 862. The van der Waals surface area contributed by atoms with Gasteiger partial charge in [-0.1, -0.05) is 6.42 Å². The van der Waals surface area contributed by atoms with Crippen molar-refractivity contribution in [1.82, 2.24) is 15.2 Å². The standard InChI is InChI=1S/C19H24N4O3/c1-20-17(25)16-8-12-7-14(4-5-15(12)22-16)21-18(26)23-9-13-3-2-6-19(13,10-23)11-24/h4-5,7-8,13,22,24H,2-3,6,9-11H2,1H3,(H,20,25)(H,21,26)/t13-,19+/m0/s1. The number of hydrogen-bond acceptors (Lipinski definition) is 3. The molecule has 1 aromatic carbocycles. The minimum atomic E-state index is -0.176. The quantitative estimate of drug-likeness (QED) is 0.678. The fourth-order valence-electron chi connectivity index (χ4n) is 4.50. The lowest BCUT2D eigenvalue weighted by Gasteiger charge is -2.25. The topological polar surface area (TPSA) is 97.5 Å². The van der Waals surface area contributed by atoms with Crippen molar-refractivity contribution in [3.05, 3.63) is 30.0 Å². The van der Waals surface area contributed by atoms with E-state index < -0.39 is 0 Å². The molecule has 2 atom stereocenters. The summed E-state index contributed by atoms with van der Waals surface area (Å²) in [5.74, 6) is 0.227. The molecule has 0 bridgehead atoms. The molecule has 2 aromatic rings. The van der Waals surface area contributed by atoms with Crippen LogP contribution in [0.25, 0.3) is 10.9 Å². The number of H-pyrrole nitrogens is 1. The Morgan fingerprint density at radius 1 is 1.38 bits per heavy atom. The number of nitrogens with one attached hydrogen (secondary N) is 3. The molecule has 138 valence electrons. The van der Waals surface area contributed by atoms with Gasteiger partial charge in [-0.3, -0.25) is 4.79 Å². The number of rotatable bonds is 3. The normalized spacial score (nSPS) is 24.7. The molecule has 1 aromatic heterocycles. The summed E-state index contributed by atoms with van der Waals surface area (Å²) in [7, 11) is 1.59. The van der Waals surface area contributed by atoms with Crippen molar-refractivity contribution in [1.29, 1.82) is 0 Å². The van der Waals surface area contributed by atoms with Gasteiger partial charge in [-0.05, 0) is 43.0 Å². The Kier molecular flexibility index (Phi) is 4.11. The molecule has 1 saturated heterocycles. The van der Waals surface area contributed by atoms with Crippen LogP contribution in [0.2, 0.25) is 0 Å². The molecule has 2 heterocycles. The zero-order valence-corrected chi connectivity index (χ0v) is 14.8. The second-order valence-corrected chi connectivity index (χ2v) is 7.48. The number of hydrogen-bond donors (Lipinski definition) is 4. The zero-order valence-electron chi connectivity index (χ0n) is 14.8. The highest BCUT2D eigenvalue weighted by atomic mass is 16.3. The molecule has 4 rings (SSSR count). The van der Waals surface area contributed by atoms with Crippen molar-refractivity contribution in [2.75, 3.05) is 32.1 Å². The molecule has 2 aliphatic rings. The predicted octanol–water partition coefficient (Wildman–Crippen LogP) is 2.15. The van der Waals surface area contributed by atoms with E-state index in [1.807, 2.05) is 23.1 Å². The first-order chi connectivity index (χ1) is 12.5. The number of carbonyl (C=O) groups is 2. The van der Waals surface area contributed by atoms with Gasteiger partial charge in [-0.2, -0.15) is 0 Å². The summed E-state index contributed by atoms with van der Waals surface area (Å²) >= 11 is 0. The number of aliphatic hydroxyl groups excluding tert-OH is 1. The lowest BCUT2D eigenvalue weighted by Crippen LogP contribution is -2.36. The van der Waals surface area contributed by atoms with Gasteiger partial charge in [-0.25, -0.2) is 4.79 Å². The van der Waals surface area contributed by atoms with Crippen LogP contribution in [0.5, 0.6) is 0 Å². The molecule has 26 heavy (non-hydrogen) atoms. The van der Waals surface area contributed by atoms with Crippen molar-refractivity contribution in [2.24, 2.45) is 11.3 Å². The van der Waals surface area contributed by atoms with Crippen LogP contribution in [0.1, 0.15) is 29.8 Å². The Hall–Kier alpha value is -2.54. The number of benzene rings is 1. The number of aromatic nitrogens is 1. The highest BCUT2D eigenvalue weighted by molar-refractivity contribution is 5.99. The van der Waals surface area contributed by atoms with Crippen LogP contribution in [0, 0.1) is 11.3 Å². The number of carbonyl (C=O) groups excluding carboxylic acids is 2. The maximum Gasteiger partial charge on any atom is 0.321 e. The molecule has 0 spiro atoms. The molecule has 7 heteroatoms. The van der Waals surface area contributed by atoms with E-state index in [4.69, 9.17) is 0 Å². The molecule has 1 aliphatic carbocycles. The van der Waals surface area contributed by atoms with Crippen molar-refractivity contribution < 1.29 is 14.7 Å². The zero-order chi connectivity index (χ0) is 18.3. The van der Waals surface area contributed by atoms with Gasteiger partial charge in [0.2, 0.25) is 0 Å². The van der Waals surface area contributed by atoms with E-state index >= 15 is 0 Å². The van der Waals surface area contributed by atoms with Crippen molar-refractivity contribution in [3.8, 4) is 0 Å². The van der Waals surface area contributed by atoms with Gasteiger partial charge in [0.05, 0.1) is 6.61 Å². The number of fused-ring (bicyclic) bond motifs is 2. The van der Waals surface area contributed by atoms with Gasteiger partial charge in [-0.15, -0.1) is 0 Å². The van der Waals surface area contributed by atoms with E-state index in [1.165, 1.54) is 0 Å². The van der Waals surface area contributed by atoms with Crippen LogP contribution in [0.4, 0.5) is 10.5 Å². The Balaban J connectivity index is 1.48. The average molecular weight is 356 g/mol. The average Bonchev–Trinajstić information content (AvgIpc) is 3.32. The van der Waals surface area contributed by atoms with Crippen LogP contribution in [0.3, 0.4) is 0 Å². The SMILES string of the molecule is CNC(=O)c1cc2cc(NC(=O)N3C[C@@H]4CCC[C@]4(CO)C3)ccc2[nH]1. The summed E-state index contributed by atoms with van der Waals surface area (Å²) in [5, 5.41) is 16.2. The monoisotopic (exact) mass is 356 g/mol. The molecular weight excluding hydrogens is 332 g/mol. The summed E-state index contributed by atoms with van der Waals surface area (Å²) in [5.41, 5.74) is 1.92. The fraction of sp³-hybridized carbons (Fsp3) is 0.474. The number of aliphatic hydroxyl groups is 1. The molecule has 1 aliphatic heterocycles. The van der Waals surface area contributed by atoms with E-state index in [1.54, 1.807) is 13.1 Å². The Labute approximate surface area is 151 Å². The van der Waals surface area contributed by atoms with E-state index in [-0.39, 0.29) is 24.0 Å². The lowest BCUT2D eigenvalue weighted by atomic mass is 9.82. The van der Waals surface area contributed by atoms with Gasteiger partial charge in [0.1, 0.15) is 5.69 Å². The third-order valence-electron chi connectivity index (χ3n) is 5.99. The predicted molar refractivity (Wildman–Crippen MR) is 99.1 cm³/mol. The lowest BCUT2D eigenvalue weighted by molar-refractivity contribution is 0.0959. The molecule has 0 unspecified atom stereocenters. The molecule has 1 saturated carbocycles. The van der Waals surface area contributed by atoms with E-state index in [9.17, 15) is 14.7 Å². The minimum Gasteiger partial charge on any atom is -0.396 e. The van der Waals surface area contributed by atoms with Gasteiger partial charge < -0.3 is 25.6 Å². The van der Waals surface area contributed by atoms with Crippen molar-refractivity contribution in [2.45, 2.75) is 19.3 Å². The van der Waals surface area contributed by atoms with Gasteiger partial charge in [0.25, 0.3) is 5.91 Å². The number of likely N-dealkylation sites (tertiary alicyclic amines) is 1. The van der Waals surface area contributed by atoms with Crippen LogP contribution in [0.15, 0.2) is 24.3 Å². The van der Waals surface area contributed by atoms with E-state index in [0.717, 1.165) is 30.2 Å². The molecule has 2 fully saturated rings. The number of aromatic amines is 1. The summed E-state index contributed by atoms with van der Waals surface area (Å²) in [6.07, 6.45) is 3.22. The van der Waals surface area contributed by atoms with E-state index in [2.05, 4.69) is 15.6 Å². The highest BCUT2D eigenvalue weighted by Gasteiger charge is 2.50. The molecule has 4 N–H and O–H groups in total. The summed E-state index contributed by atoms with van der Waals surface area (Å²) in [6.45, 7) is 1.48. The molecule has 3 amide bonds. The number of urea groups is 1. The highest BCUT2D eigenvalue weighted by Crippen LogP contribution is 2.48. The summed E-state index contributed by atoms with van der Waals surface area (Å²) < 4.78 is 0. The minimum absolute atomic E-state index is 0.107. The van der Waals surface area contributed by atoms with Crippen LogP contribution in [-0.2, 0) is 0 Å². The number of nitrogens with zero attached hydrogens (tertiary/aromatic N) is 1. The van der Waals surface area contributed by atoms with Gasteiger partial charge in [0.15, 0.2) is 0 Å². The first-order valence-electron chi connectivity index (χ1n) is 9.06. The molecule has 0 radical (unpaired) electrons. The molecular formula is C19H24N4O3. The smallest absolute Gasteiger partial charge is 0.321 e. The number of anilines is 1. The fourth-order valence-corrected chi connectivity index (χ4v) is 4.50. The second kappa shape index (κ2) is 6.32. The van der Waals surface area contributed by atoms with Crippen molar-refractivity contribution >= 4 is 28.5 Å². The van der Waals surface area contributed by atoms with Crippen LogP contribution < -0.4 is 10.6 Å². The third kappa shape index (κ3) is 2.72. The maximum absolute atomic E-state index is 12.7. The van der Waals surface area contributed by atoms with Crippen LogP contribution >= 0.6 is 0 Å². The van der Waals surface area contributed by atoms with Crippen molar-refractivity contribution in [3.63, 3.8) is 0 Å².